The van der Waals surface area contributed by atoms with Crippen LogP contribution in [0.2, 0.25) is 0 Å². The highest BCUT2D eigenvalue weighted by Crippen LogP contribution is 2.44. The number of carbonyl (C=O) groups excluding carboxylic acids is 1. The number of hydrogen-bond acceptors (Lipinski definition) is 5. The molecule has 0 unspecified atom stereocenters. The zero-order chi connectivity index (χ0) is 11.9. The SMILES string of the molecule is CN1C(=O)CSc2c(N)ccc([N+](=O)[O-])c21. The van der Waals surface area contributed by atoms with Gasteiger partial charge in [-0.2, -0.15) is 0 Å². The first-order valence-corrected chi connectivity index (χ1v) is 5.47. The number of nitrogens with two attached hydrogens (primary N) is 1. The van der Waals surface area contributed by atoms with Gasteiger partial charge in [0.1, 0.15) is 5.69 Å². The topological polar surface area (TPSA) is 89.5 Å². The number of anilines is 2. The molecule has 0 saturated carbocycles. The van der Waals surface area contributed by atoms with Crippen LogP contribution in [-0.4, -0.2) is 23.6 Å². The van der Waals surface area contributed by atoms with Gasteiger partial charge in [0.2, 0.25) is 5.91 Å². The van der Waals surface area contributed by atoms with Gasteiger partial charge in [0.05, 0.1) is 15.6 Å². The first kappa shape index (κ1) is 10.7. The molecule has 2 N–H and O–H groups in total. The molecule has 7 heteroatoms. The molecule has 6 nitrogen and oxygen atoms in total. The Labute approximate surface area is 95.6 Å². The minimum absolute atomic E-state index is 0.0905. The minimum Gasteiger partial charge on any atom is -0.398 e. The molecule has 0 fully saturated rings. The summed E-state index contributed by atoms with van der Waals surface area (Å²) in [4.78, 5) is 23.7. The van der Waals surface area contributed by atoms with E-state index in [1.807, 2.05) is 0 Å². The average molecular weight is 239 g/mol. The standard InChI is InChI=1S/C9H9N3O3S/c1-11-7(13)4-16-9-5(10)2-3-6(8(9)11)12(14)15/h2-3H,4,10H2,1H3. The Kier molecular flexibility index (Phi) is 2.47. The lowest BCUT2D eigenvalue weighted by Gasteiger charge is -2.25. The van der Waals surface area contributed by atoms with Crippen molar-refractivity contribution in [1.29, 1.82) is 0 Å². The number of rotatable bonds is 1. The van der Waals surface area contributed by atoms with Gasteiger partial charge in [-0.1, -0.05) is 0 Å². The Morgan fingerprint density at radius 3 is 2.88 bits per heavy atom. The van der Waals surface area contributed by atoms with E-state index in [0.29, 0.717) is 16.3 Å². The molecule has 0 aliphatic carbocycles. The molecule has 1 heterocycles. The summed E-state index contributed by atoms with van der Waals surface area (Å²) >= 11 is 1.24. The van der Waals surface area contributed by atoms with Gasteiger partial charge < -0.3 is 10.6 Å². The Hall–Kier alpha value is -1.76. The van der Waals surface area contributed by atoms with Crippen LogP contribution in [0.4, 0.5) is 17.1 Å². The molecule has 0 radical (unpaired) electrons. The summed E-state index contributed by atoms with van der Waals surface area (Å²) in [6, 6.07) is 2.82. The number of nitro groups is 1. The predicted octanol–water partition coefficient (Wildman–Crippen LogP) is 1.25. The molecule has 0 bridgehead atoms. The number of nitrogens with zero attached hydrogens (tertiary/aromatic N) is 2. The molecule has 84 valence electrons. The maximum absolute atomic E-state index is 11.5. The largest absolute Gasteiger partial charge is 0.398 e. The molecule has 1 aliphatic heterocycles. The third-order valence-electron chi connectivity index (χ3n) is 2.39. The lowest BCUT2D eigenvalue weighted by Crippen LogP contribution is -2.32. The fourth-order valence-corrected chi connectivity index (χ4v) is 2.63. The minimum atomic E-state index is -0.506. The number of nitro benzene ring substituents is 1. The van der Waals surface area contributed by atoms with Crippen LogP contribution in [0.1, 0.15) is 0 Å². The second-order valence-corrected chi connectivity index (χ2v) is 4.34. The van der Waals surface area contributed by atoms with E-state index in [4.69, 9.17) is 5.73 Å². The van der Waals surface area contributed by atoms with E-state index in [2.05, 4.69) is 0 Å². The third kappa shape index (κ3) is 1.49. The van der Waals surface area contributed by atoms with Gasteiger partial charge in [0.15, 0.2) is 0 Å². The molecule has 0 saturated heterocycles. The van der Waals surface area contributed by atoms with Gasteiger partial charge in [0.25, 0.3) is 5.69 Å². The van der Waals surface area contributed by atoms with Gasteiger partial charge in [0, 0.05) is 18.8 Å². The zero-order valence-electron chi connectivity index (χ0n) is 8.47. The maximum Gasteiger partial charge on any atom is 0.294 e. The second kappa shape index (κ2) is 3.67. The fourth-order valence-electron chi connectivity index (χ4n) is 1.55. The Morgan fingerprint density at radius 1 is 1.56 bits per heavy atom. The van der Waals surface area contributed by atoms with Crippen molar-refractivity contribution < 1.29 is 9.72 Å². The number of benzene rings is 1. The Balaban J connectivity index is 2.69. The van der Waals surface area contributed by atoms with Crippen molar-refractivity contribution in [2.75, 3.05) is 23.4 Å². The van der Waals surface area contributed by atoms with Gasteiger partial charge in [-0.3, -0.25) is 14.9 Å². The predicted molar refractivity (Wildman–Crippen MR) is 61.6 cm³/mol. The van der Waals surface area contributed by atoms with Crippen LogP contribution in [0.3, 0.4) is 0 Å². The van der Waals surface area contributed by atoms with Crippen LogP contribution < -0.4 is 10.6 Å². The summed E-state index contributed by atoms with van der Waals surface area (Å²) in [5.41, 5.74) is 6.41. The molecule has 1 aliphatic rings. The van der Waals surface area contributed by atoms with E-state index in [1.165, 1.54) is 35.8 Å². The van der Waals surface area contributed by atoms with Crippen molar-refractivity contribution in [3.8, 4) is 0 Å². The van der Waals surface area contributed by atoms with Crippen LogP contribution in [-0.2, 0) is 4.79 Å². The first-order valence-electron chi connectivity index (χ1n) is 4.48. The highest BCUT2D eigenvalue weighted by atomic mass is 32.2. The van der Waals surface area contributed by atoms with Crippen LogP contribution in [0.15, 0.2) is 17.0 Å². The number of amides is 1. The summed E-state index contributed by atoms with van der Waals surface area (Å²) in [6.45, 7) is 0. The van der Waals surface area contributed by atoms with Crippen molar-refractivity contribution in [2.45, 2.75) is 4.90 Å². The van der Waals surface area contributed by atoms with Crippen LogP contribution in [0.25, 0.3) is 0 Å². The Morgan fingerprint density at radius 2 is 2.25 bits per heavy atom. The molecule has 1 aromatic rings. The van der Waals surface area contributed by atoms with E-state index < -0.39 is 4.92 Å². The molecule has 0 aromatic heterocycles. The number of carbonyl (C=O) groups is 1. The van der Waals surface area contributed by atoms with Crippen molar-refractivity contribution in [2.24, 2.45) is 0 Å². The highest BCUT2D eigenvalue weighted by Gasteiger charge is 2.30. The molecular weight excluding hydrogens is 230 g/mol. The molecule has 16 heavy (non-hydrogen) atoms. The Bertz CT molecular complexity index is 489. The molecule has 2 rings (SSSR count). The lowest BCUT2D eigenvalue weighted by atomic mass is 10.2. The van der Waals surface area contributed by atoms with Crippen molar-refractivity contribution in [3.63, 3.8) is 0 Å². The van der Waals surface area contributed by atoms with Gasteiger partial charge >= 0.3 is 0 Å². The van der Waals surface area contributed by atoms with Gasteiger partial charge in [-0.25, -0.2) is 0 Å². The summed E-state index contributed by atoms with van der Waals surface area (Å²) in [6.07, 6.45) is 0. The van der Waals surface area contributed by atoms with Crippen molar-refractivity contribution in [1.82, 2.24) is 0 Å². The monoisotopic (exact) mass is 239 g/mol. The van der Waals surface area contributed by atoms with Crippen molar-refractivity contribution in [3.05, 3.63) is 22.2 Å². The van der Waals surface area contributed by atoms with E-state index in [1.54, 1.807) is 0 Å². The first-order chi connectivity index (χ1) is 7.52. The smallest absolute Gasteiger partial charge is 0.294 e. The maximum atomic E-state index is 11.5. The summed E-state index contributed by atoms with van der Waals surface area (Å²) in [5, 5.41) is 10.9. The molecule has 0 spiro atoms. The van der Waals surface area contributed by atoms with Crippen LogP contribution >= 0.6 is 11.8 Å². The van der Waals surface area contributed by atoms with E-state index >= 15 is 0 Å². The van der Waals surface area contributed by atoms with Crippen molar-refractivity contribution >= 4 is 34.7 Å². The van der Waals surface area contributed by atoms with E-state index in [-0.39, 0.29) is 17.3 Å². The highest BCUT2D eigenvalue weighted by molar-refractivity contribution is 8.00. The fraction of sp³-hybridized carbons (Fsp3) is 0.222. The molecule has 1 aromatic carbocycles. The van der Waals surface area contributed by atoms with E-state index in [0.717, 1.165) is 0 Å². The quantitative estimate of drug-likeness (QED) is 0.452. The molecule has 0 atom stereocenters. The number of thioether (sulfide) groups is 1. The van der Waals surface area contributed by atoms with Gasteiger partial charge in [-0.05, 0) is 6.07 Å². The van der Waals surface area contributed by atoms with Crippen LogP contribution in [0.5, 0.6) is 0 Å². The normalized spacial score (nSPS) is 14.8. The second-order valence-electron chi connectivity index (χ2n) is 3.35. The summed E-state index contributed by atoms with van der Waals surface area (Å²) in [5.74, 6) is 0.0979. The lowest BCUT2D eigenvalue weighted by molar-refractivity contribution is -0.384. The van der Waals surface area contributed by atoms with Crippen LogP contribution in [0, 0.1) is 10.1 Å². The molecule has 1 amide bonds. The number of nitrogen functional groups attached to an aromatic ring is 1. The molecular formula is C9H9N3O3S. The summed E-state index contributed by atoms with van der Waals surface area (Å²) < 4.78 is 0. The van der Waals surface area contributed by atoms with E-state index in [9.17, 15) is 14.9 Å². The number of fused-ring (bicyclic) bond motifs is 1. The average Bonchev–Trinajstić information content (AvgIpc) is 2.23. The van der Waals surface area contributed by atoms with Gasteiger partial charge in [-0.15, -0.1) is 11.8 Å². The summed E-state index contributed by atoms with van der Waals surface area (Å²) in [7, 11) is 1.52. The number of hydrogen-bond donors (Lipinski definition) is 1. The third-order valence-corrected chi connectivity index (χ3v) is 3.50. The zero-order valence-corrected chi connectivity index (χ0v) is 9.28.